The lowest BCUT2D eigenvalue weighted by Gasteiger charge is -2.12. The molecular weight excluding hydrogens is 202 g/mol. The number of ether oxygens (including phenoxy) is 1. The van der Waals surface area contributed by atoms with Crippen molar-refractivity contribution in [3.63, 3.8) is 0 Å². The predicted molar refractivity (Wildman–Crippen MR) is 58.3 cm³/mol. The van der Waals surface area contributed by atoms with Gasteiger partial charge in [-0.1, -0.05) is 0 Å². The highest BCUT2D eigenvalue weighted by atomic mass is 32.2. The summed E-state index contributed by atoms with van der Waals surface area (Å²) in [5.74, 6) is 0.261. The Hall–Kier alpha value is -0.130. The highest BCUT2D eigenvalue weighted by molar-refractivity contribution is 7.90. The van der Waals surface area contributed by atoms with Crippen LogP contribution in [0, 0.1) is 0 Å². The van der Waals surface area contributed by atoms with E-state index in [1.807, 2.05) is 0 Å². The van der Waals surface area contributed by atoms with Crippen LogP contribution in [0.15, 0.2) is 0 Å². The summed E-state index contributed by atoms with van der Waals surface area (Å²) < 4.78 is 26.5. The van der Waals surface area contributed by atoms with Crippen molar-refractivity contribution in [2.24, 2.45) is 0 Å². The quantitative estimate of drug-likeness (QED) is 0.607. The second kappa shape index (κ2) is 7.20. The molecule has 14 heavy (non-hydrogen) atoms. The van der Waals surface area contributed by atoms with Crippen LogP contribution in [0.2, 0.25) is 0 Å². The summed E-state index contributed by atoms with van der Waals surface area (Å²) in [4.78, 5) is 0. The largest absolute Gasteiger partial charge is 0.385 e. The molecule has 4 nitrogen and oxygen atoms in total. The van der Waals surface area contributed by atoms with Crippen LogP contribution in [-0.2, 0) is 14.6 Å². The summed E-state index contributed by atoms with van der Waals surface area (Å²) >= 11 is 0. The van der Waals surface area contributed by atoms with Crippen LogP contribution >= 0.6 is 0 Å². The third kappa shape index (κ3) is 9.95. The Bertz CT molecular complexity index is 226. The summed E-state index contributed by atoms with van der Waals surface area (Å²) in [6.45, 7) is 3.55. The molecule has 0 saturated heterocycles. The fraction of sp³-hybridized carbons (Fsp3) is 1.00. The number of hydrogen-bond donors (Lipinski definition) is 1. The van der Waals surface area contributed by atoms with Crippen LogP contribution in [0.3, 0.4) is 0 Å². The first-order chi connectivity index (χ1) is 6.45. The van der Waals surface area contributed by atoms with Crippen LogP contribution in [0.5, 0.6) is 0 Å². The third-order valence-electron chi connectivity index (χ3n) is 1.94. The first kappa shape index (κ1) is 13.9. The van der Waals surface area contributed by atoms with Gasteiger partial charge >= 0.3 is 0 Å². The molecule has 1 unspecified atom stereocenters. The molecule has 0 bridgehead atoms. The smallest absolute Gasteiger partial charge is 0.147 e. The standard InChI is InChI=1S/C9H21NO3S/c1-9(5-7-13-2)10-6-4-8-14(3,11)12/h9-10H,4-8H2,1-3H3. The number of hydrogen-bond acceptors (Lipinski definition) is 4. The Morgan fingerprint density at radius 2 is 2.07 bits per heavy atom. The van der Waals surface area contributed by atoms with Crippen molar-refractivity contribution in [3.8, 4) is 0 Å². The van der Waals surface area contributed by atoms with Crippen LogP contribution in [0.4, 0.5) is 0 Å². The van der Waals surface area contributed by atoms with Gasteiger partial charge in [0.15, 0.2) is 0 Å². The SMILES string of the molecule is COCCC(C)NCCCS(C)(=O)=O. The van der Waals surface area contributed by atoms with Gasteiger partial charge in [0.25, 0.3) is 0 Å². The summed E-state index contributed by atoms with van der Waals surface area (Å²) in [6.07, 6.45) is 2.90. The van der Waals surface area contributed by atoms with Gasteiger partial charge < -0.3 is 10.1 Å². The molecule has 0 rings (SSSR count). The van der Waals surface area contributed by atoms with E-state index < -0.39 is 9.84 Å². The van der Waals surface area contributed by atoms with E-state index in [4.69, 9.17) is 4.74 Å². The average Bonchev–Trinajstić information content (AvgIpc) is 2.07. The summed E-state index contributed by atoms with van der Waals surface area (Å²) in [5.41, 5.74) is 0. The Morgan fingerprint density at radius 3 is 2.57 bits per heavy atom. The van der Waals surface area contributed by atoms with Crippen molar-refractivity contribution in [1.82, 2.24) is 5.32 Å². The van der Waals surface area contributed by atoms with E-state index in [1.165, 1.54) is 6.26 Å². The first-order valence-corrected chi connectivity index (χ1v) is 6.92. The molecule has 0 aliphatic rings. The molecule has 1 N–H and O–H groups in total. The van der Waals surface area contributed by atoms with E-state index >= 15 is 0 Å². The van der Waals surface area contributed by atoms with Gasteiger partial charge in [-0.25, -0.2) is 8.42 Å². The average molecular weight is 223 g/mol. The van der Waals surface area contributed by atoms with Crippen molar-refractivity contribution >= 4 is 9.84 Å². The van der Waals surface area contributed by atoms with E-state index in [-0.39, 0.29) is 5.75 Å². The van der Waals surface area contributed by atoms with Gasteiger partial charge in [-0.3, -0.25) is 0 Å². The fourth-order valence-electron chi connectivity index (χ4n) is 1.08. The van der Waals surface area contributed by atoms with E-state index in [1.54, 1.807) is 7.11 Å². The molecule has 0 saturated carbocycles. The molecule has 0 spiro atoms. The maximum Gasteiger partial charge on any atom is 0.147 e. The van der Waals surface area contributed by atoms with E-state index in [0.717, 1.165) is 19.6 Å². The van der Waals surface area contributed by atoms with Crippen LogP contribution in [-0.4, -0.2) is 46.7 Å². The van der Waals surface area contributed by atoms with Gasteiger partial charge in [-0.15, -0.1) is 0 Å². The minimum Gasteiger partial charge on any atom is -0.385 e. The van der Waals surface area contributed by atoms with Crippen molar-refractivity contribution in [1.29, 1.82) is 0 Å². The molecule has 0 amide bonds. The molecular formula is C9H21NO3S. The van der Waals surface area contributed by atoms with Crippen LogP contribution < -0.4 is 5.32 Å². The Kier molecular flexibility index (Phi) is 7.13. The molecule has 1 atom stereocenters. The molecule has 0 radical (unpaired) electrons. The zero-order valence-corrected chi connectivity index (χ0v) is 10.1. The summed E-state index contributed by atoms with van der Waals surface area (Å²) in [5, 5.41) is 3.25. The van der Waals surface area contributed by atoms with Gasteiger partial charge in [0.05, 0.1) is 5.75 Å². The zero-order valence-electron chi connectivity index (χ0n) is 9.25. The number of methoxy groups -OCH3 is 1. The van der Waals surface area contributed by atoms with Crippen molar-refractivity contribution in [2.45, 2.75) is 25.8 Å². The normalized spacial score (nSPS) is 14.2. The van der Waals surface area contributed by atoms with E-state index in [2.05, 4.69) is 12.2 Å². The molecule has 0 aliphatic carbocycles. The van der Waals surface area contributed by atoms with Crippen LogP contribution in [0.1, 0.15) is 19.8 Å². The van der Waals surface area contributed by atoms with Crippen molar-refractivity contribution in [3.05, 3.63) is 0 Å². The zero-order chi connectivity index (χ0) is 11.0. The van der Waals surface area contributed by atoms with Gasteiger partial charge in [-0.05, 0) is 26.3 Å². The number of sulfone groups is 1. The van der Waals surface area contributed by atoms with Crippen molar-refractivity contribution in [2.75, 3.05) is 32.3 Å². The van der Waals surface area contributed by atoms with Gasteiger partial charge in [0.1, 0.15) is 9.84 Å². The number of nitrogens with one attached hydrogen (secondary N) is 1. The maximum absolute atomic E-state index is 10.8. The second-order valence-electron chi connectivity index (χ2n) is 3.62. The molecule has 5 heteroatoms. The predicted octanol–water partition coefficient (Wildman–Crippen LogP) is 0.436. The lowest BCUT2D eigenvalue weighted by atomic mass is 10.2. The highest BCUT2D eigenvalue weighted by Gasteiger charge is 2.03. The Labute approximate surface area is 86.9 Å². The molecule has 0 fully saturated rings. The molecule has 86 valence electrons. The lowest BCUT2D eigenvalue weighted by molar-refractivity contribution is 0.185. The summed E-state index contributed by atoms with van der Waals surface area (Å²) in [7, 11) is -1.13. The van der Waals surface area contributed by atoms with Gasteiger partial charge in [-0.2, -0.15) is 0 Å². The van der Waals surface area contributed by atoms with E-state index in [0.29, 0.717) is 12.5 Å². The summed E-state index contributed by atoms with van der Waals surface area (Å²) in [6, 6.07) is 0.384. The fourth-order valence-corrected chi connectivity index (χ4v) is 1.75. The lowest BCUT2D eigenvalue weighted by Crippen LogP contribution is -2.29. The van der Waals surface area contributed by atoms with Gasteiger partial charge in [0, 0.05) is 26.0 Å². The highest BCUT2D eigenvalue weighted by Crippen LogP contribution is 1.92. The molecule has 0 aromatic heterocycles. The second-order valence-corrected chi connectivity index (χ2v) is 5.88. The molecule has 0 aliphatic heterocycles. The minimum atomic E-state index is -2.80. The van der Waals surface area contributed by atoms with Crippen LogP contribution in [0.25, 0.3) is 0 Å². The van der Waals surface area contributed by atoms with E-state index in [9.17, 15) is 8.42 Å². The number of rotatable bonds is 8. The first-order valence-electron chi connectivity index (χ1n) is 4.86. The molecule has 0 heterocycles. The molecule has 0 aromatic carbocycles. The minimum absolute atomic E-state index is 0.261. The van der Waals surface area contributed by atoms with Gasteiger partial charge in [0.2, 0.25) is 0 Å². The molecule has 0 aromatic rings. The van der Waals surface area contributed by atoms with Crippen molar-refractivity contribution < 1.29 is 13.2 Å². The maximum atomic E-state index is 10.8. The third-order valence-corrected chi connectivity index (χ3v) is 2.97. The monoisotopic (exact) mass is 223 g/mol. The Morgan fingerprint density at radius 1 is 1.43 bits per heavy atom. The Balaban J connectivity index is 3.36. The topological polar surface area (TPSA) is 55.4 Å².